The maximum absolute atomic E-state index is 13.4. The van der Waals surface area contributed by atoms with Gasteiger partial charge in [0.1, 0.15) is 11.6 Å². The Labute approximate surface area is 98.4 Å². The summed E-state index contributed by atoms with van der Waals surface area (Å²) in [5, 5.41) is 0. The molecule has 0 radical (unpaired) electrons. The van der Waals surface area contributed by atoms with E-state index in [1.807, 2.05) is 0 Å². The predicted octanol–water partition coefficient (Wildman–Crippen LogP) is 3.46. The SMILES string of the molecule is Fc1ccc(F)c(C(CCCCl)NS)c1. The van der Waals surface area contributed by atoms with Gasteiger partial charge in [0.15, 0.2) is 0 Å². The van der Waals surface area contributed by atoms with Gasteiger partial charge in [-0.15, -0.1) is 11.6 Å². The zero-order valence-electron chi connectivity index (χ0n) is 8.01. The average molecular weight is 252 g/mol. The Kier molecular flexibility index (Phi) is 5.36. The molecule has 15 heavy (non-hydrogen) atoms. The van der Waals surface area contributed by atoms with Crippen LogP contribution >= 0.6 is 24.4 Å². The molecule has 1 atom stereocenters. The zero-order chi connectivity index (χ0) is 11.3. The molecule has 0 spiro atoms. The highest BCUT2D eigenvalue weighted by molar-refractivity contribution is 7.78. The van der Waals surface area contributed by atoms with E-state index >= 15 is 0 Å². The van der Waals surface area contributed by atoms with Crippen LogP contribution in [0.1, 0.15) is 24.4 Å². The van der Waals surface area contributed by atoms with Crippen LogP contribution in [0.25, 0.3) is 0 Å². The second-order valence-electron chi connectivity index (χ2n) is 3.18. The first-order valence-electron chi connectivity index (χ1n) is 4.59. The standard InChI is InChI=1S/C10H12ClF2NS/c11-5-1-2-10(14-15)8-6-7(12)3-4-9(8)13/h3-4,6,10,14-15H,1-2,5H2. The van der Waals surface area contributed by atoms with Crippen LogP contribution in [0.5, 0.6) is 0 Å². The summed E-state index contributed by atoms with van der Waals surface area (Å²) in [4.78, 5) is 0. The number of thiol groups is 1. The maximum Gasteiger partial charge on any atom is 0.128 e. The minimum absolute atomic E-state index is 0.287. The van der Waals surface area contributed by atoms with Crippen LogP contribution in [-0.4, -0.2) is 5.88 Å². The van der Waals surface area contributed by atoms with Gasteiger partial charge in [0, 0.05) is 17.5 Å². The van der Waals surface area contributed by atoms with E-state index in [0.717, 1.165) is 18.6 Å². The van der Waals surface area contributed by atoms with E-state index in [1.54, 1.807) is 0 Å². The van der Waals surface area contributed by atoms with E-state index in [2.05, 4.69) is 17.5 Å². The average Bonchev–Trinajstić information content (AvgIpc) is 2.24. The minimum atomic E-state index is -0.453. The summed E-state index contributed by atoms with van der Waals surface area (Å²) in [5.74, 6) is -0.397. The third-order valence-electron chi connectivity index (χ3n) is 2.12. The normalized spacial score (nSPS) is 12.8. The Morgan fingerprint density at radius 2 is 2.13 bits per heavy atom. The lowest BCUT2D eigenvalue weighted by molar-refractivity contribution is 0.531. The number of nitrogens with one attached hydrogen (secondary N) is 1. The Bertz CT molecular complexity index is 322. The van der Waals surface area contributed by atoms with Gasteiger partial charge in [-0.25, -0.2) is 8.78 Å². The molecule has 0 saturated carbocycles. The molecule has 5 heteroatoms. The third-order valence-corrected chi connectivity index (χ3v) is 2.69. The smallest absolute Gasteiger partial charge is 0.128 e. The molecule has 0 aliphatic rings. The molecule has 0 saturated heterocycles. The first-order valence-corrected chi connectivity index (χ1v) is 5.57. The molecular weight excluding hydrogens is 240 g/mol. The zero-order valence-corrected chi connectivity index (χ0v) is 9.66. The van der Waals surface area contributed by atoms with Crippen LogP contribution in [-0.2, 0) is 0 Å². The number of rotatable bonds is 5. The molecule has 84 valence electrons. The topological polar surface area (TPSA) is 12.0 Å². The van der Waals surface area contributed by atoms with Gasteiger partial charge in [0.2, 0.25) is 0 Å². The second-order valence-corrected chi connectivity index (χ2v) is 3.81. The lowest BCUT2D eigenvalue weighted by Crippen LogP contribution is -2.13. The summed E-state index contributed by atoms with van der Waals surface area (Å²) >= 11 is 9.44. The second kappa shape index (κ2) is 6.30. The predicted molar refractivity (Wildman–Crippen MR) is 61.2 cm³/mol. The number of benzene rings is 1. The number of alkyl halides is 1. The van der Waals surface area contributed by atoms with E-state index < -0.39 is 11.6 Å². The quantitative estimate of drug-likeness (QED) is 0.603. The van der Waals surface area contributed by atoms with Gasteiger partial charge in [-0.05, 0) is 31.0 Å². The van der Waals surface area contributed by atoms with Crippen molar-refractivity contribution in [2.24, 2.45) is 0 Å². The van der Waals surface area contributed by atoms with Crippen molar-refractivity contribution in [2.45, 2.75) is 18.9 Å². The fraction of sp³-hybridized carbons (Fsp3) is 0.400. The molecule has 1 aromatic rings. The van der Waals surface area contributed by atoms with Crippen LogP contribution in [0.3, 0.4) is 0 Å². The summed E-state index contributed by atoms with van der Waals surface area (Å²) in [6, 6.07) is 3.07. The van der Waals surface area contributed by atoms with Crippen LogP contribution in [0.2, 0.25) is 0 Å². The largest absolute Gasteiger partial charge is 0.259 e. The number of hydrogen-bond donors (Lipinski definition) is 2. The molecule has 0 bridgehead atoms. The van der Waals surface area contributed by atoms with Crippen LogP contribution in [0, 0.1) is 11.6 Å². The van der Waals surface area contributed by atoms with Crippen LogP contribution < -0.4 is 4.72 Å². The van der Waals surface area contributed by atoms with Gasteiger partial charge in [-0.2, -0.15) is 0 Å². The van der Waals surface area contributed by atoms with Gasteiger partial charge < -0.3 is 0 Å². The molecule has 1 aromatic carbocycles. The van der Waals surface area contributed by atoms with Crippen molar-refractivity contribution in [2.75, 3.05) is 5.88 Å². The monoisotopic (exact) mass is 251 g/mol. The molecule has 1 unspecified atom stereocenters. The van der Waals surface area contributed by atoms with E-state index in [-0.39, 0.29) is 11.6 Å². The van der Waals surface area contributed by atoms with Gasteiger partial charge in [-0.3, -0.25) is 4.72 Å². The van der Waals surface area contributed by atoms with E-state index in [0.29, 0.717) is 12.3 Å². The lowest BCUT2D eigenvalue weighted by atomic mass is 10.0. The molecule has 0 aliphatic carbocycles. The molecule has 0 aromatic heterocycles. The summed E-state index contributed by atoms with van der Waals surface area (Å²) < 4.78 is 28.9. The summed E-state index contributed by atoms with van der Waals surface area (Å²) in [6.45, 7) is 0. The maximum atomic E-state index is 13.4. The fourth-order valence-electron chi connectivity index (χ4n) is 1.35. The van der Waals surface area contributed by atoms with Gasteiger partial charge in [-0.1, -0.05) is 12.8 Å². The molecule has 1 N–H and O–H groups in total. The number of hydrogen-bond acceptors (Lipinski definition) is 2. The van der Waals surface area contributed by atoms with Gasteiger partial charge in [0.25, 0.3) is 0 Å². The first kappa shape index (κ1) is 12.7. The van der Waals surface area contributed by atoms with Crippen molar-refractivity contribution in [3.05, 3.63) is 35.4 Å². The van der Waals surface area contributed by atoms with Crippen LogP contribution in [0.4, 0.5) is 8.78 Å². The van der Waals surface area contributed by atoms with Crippen LogP contribution in [0.15, 0.2) is 18.2 Å². The minimum Gasteiger partial charge on any atom is -0.259 e. The highest BCUT2D eigenvalue weighted by Gasteiger charge is 2.14. The summed E-state index contributed by atoms with van der Waals surface area (Å²) in [5.41, 5.74) is 0.287. The van der Waals surface area contributed by atoms with Gasteiger partial charge >= 0.3 is 0 Å². The van der Waals surface area contributed by atoms with Crippen molar-refractivity contribution >= 4 is 24.4 Å². The summed E-state index contributed by atoms with van der Waals surface area (Å²) in [7, 11) is 0. The number of halogens is 3. The van der Waals surface area contributed by atoms with Crippen molar-refractivity contribution in [3.63, 3.8) is 0 Å². The molecule has 1 rings (SSSR count). The molecular formula is C10H12ClF2NS. The molecule has 1 nitrogen and oxygen atoms in total. The molecule has 0 fully saturated rings. The van der Waals surface area contributed by atoms with Crippen molar-refractivity contribution in [1.82, 2.24) is 4.72 Å². The Morgan fingerprint density at radius 3 is 2.73 bits per heavy atom. The Morgan fingerprint density at radius 1 is 1.40 bits per heavy atom. The lowest BCUT2D eigenvalue weighted by Gasteiger charge is -2.15. The molecule has 0 amide bonds. The highest BCUT2D eigenvalue weighted by atomic mass is 35.5. The van der Waals surface area contributed by atoms with E-state index in [4.69, 9.17) is 11.6 Å². The van der Waals surface area contributed by atoms with E-state index in [1.165, 1.54) is 6.07 Å². The Balaban J connectivity index is 2.85. The first-order chi connectivity index (χ1) is 7.19. The highest BCUT2D eigenvalue weighted by Crippen LogP contribution is 2.23. The Hall–Kier alpha value is -0.320. The van der Waals surface area contributed by atoms with E-state index in [9.17, 15) is 8.78 Å². The third kappa shape index (κ3) is 3.63. The van der Waals surface area contributed by atoms with Gasteiger partial charge in [0.05, 0.1) is 0 Å². The van der Waals surface area contributed by atoms with Crippen molar-refractivity contribution < 1.29 is 8.78 Å². The fourth-order valence-corrected chi connectivity index (χ4v) is 1.78. The van der Waals surface area contributed by atoms with Crippen molar-refractivity contribution in [1.29, 1.82) is 0 Å². The van der Waals surface area contributed by atoms with Crippen molar-refractivity contribution in [3.8, 4) is 0 Å². The molecule has 0 aliphatic heterocycles. The summed E-state index contributed by atoms with van der Waals surface area (Å²) in [6.07, 6.45) is 1.34. The molecule has 0 heterocycles.